The van der Waals surface area contributed by atoms with Crippen molar-refractivity contribution in [1.82, 2.24) is 0 Å². The lowest BCUT2D eigenvalue weighted by Gasteiger charge is -1.91. The average molecular weight is 210 g/mol. The minimum Gasteiger partial charge on any atom is -0.477 e. The van der Waals surface area contributed by atoms with E-state index in [0.717, 1.165) is 11.3 Å². The van der Waals surface area contributed by atoms with Gasteiger partial charge in [-0.15, -0.1) is 11.3 Å². The number of aromatic carboxylic acids is 1. The highest BCUT2D eigenvalue weighted by Crippen LogP contribution is 2.32. The number of carboxylic acids is 1. The number of carboxylic acid groups (broad SMARTS) is 1. The second-order valence-electron chi connectivity index (χ2n) is 2.98. The molecule has 14 heavy (non-hydrogen) atoms. The maximum absolute atomic E-state index is 13.3. The molecule has 0 unspecified atom stereocenters. The summed E-state index contributed by atoms with van der Waals surface area (Å²) in [5, 5.41) is 9.53. The Morgan fingerprint density at radius 2 is 2.21 bits per heavy atom. The fraction of sp³-hybridized carbons (Fsp3) is 0.100. The molecular weight excluding hydrogens is 203 g/mol. The van der Waals surface area contributed by atoms with E-state index in [4.69, 9.17) is 5.11 Å². The second kappa shape index (κ2) is 3.06. The van der Waals surface area contributed by atoms with E-state index < -0.39 is 5.97 Å². The molecule has 2 rings (SSSR count). The maximum atomic E-state index is 13.3. The Hall–Kier alpha value is -1.42. The normalized spacial score (nSPS) is 10.7. The van der Waals surface area contributed by atoms with Crippen LogP contribution in [0.1, 0.15) is 15.2 Å². The van der Waals surface area contributed by atoms with E-state index in [9.17, 15) is 9.18 Å². The van der Waals surface area contributed by atoms with Crippen molar-refractivity contribution in [2.45, 2.75) is 6.92 Å². The summed E-state index contributed by atoms with van der Waals surface area (Å²) in [6, 6.07) is 4.66. The Morgan fingerprint density at radius 1 is 1.50 bits per heavy atom. The first-order valence-corrected chi connectivity index (χ1v) is 4.84. The number of carbonyl (C=O) groups is 1. The van der Waals surface area contributed by atoms with E-state index in [2.05, 4.69) is 0 Å². The molecule has 1 aromatic heterocycles. The predicted octanol–water partition coefficient (Wildman–Crippen LogP) is 3.05. The molecule has 0 fully saturated rings. The molecule has 1 N–H and O–H groups in total. The first kappa shape index (κ1) is 9.15. The molecule has 1 heterocycles. The van der Waals surface area contributed by atoms with Gasteiger partial charge in [-0.3, -0.25) is 0 Å². The van der Waals surface area contributed by atoms with Crippen molar-refractivity contribution in [2.75, 3.05) is 0 Å². The van der Waals surface area contributed by atoms with E-state index in [0.29, 0.717) is 15.6 Å². The molecule has 0 spiro atoms. The molecule has 4 heteroatoms. The van der Waals surface area contributed by atoms with Gasteiger partial charge in [0.15, 0.2) is 0 Å². The van der Waals surface area contributed by atoms with Gasteiger partial charge in [0.1, 0.15) is 10.7 Å². The zero-order valence-electron chi connectivity index (χ0n) is 7.37. The maximum Gasteiger partial charge on any atom is 0.346 e. The van der Waals surface area contributed by atoms with E-state index in [-0.39, 0.29) is 10.7 Å². The molecule has 2 aromatic rings. The average Bonchev–Trinajstić information content (AvgIpc) is 2.46. The summed E-state index contributed by atoms with van der Waals surface area (Å²) in [5.74, 6) is -1.36. The van der Waals surface area contributed by atoms with Gasteiger partial charge < -0.3 is 5.11 Å². The minimum atomic E-state index is -0.997. The number of fused-ring (bicyclic) bond motifs is 1. The van der Waals surface area contributed by atoms with Gasteiger partial charge in [-0.1, -0.05) is 12.1 Å². The van der Waals surface area contributed by atoms with Crippen LogP contribution in [0.25, 0.3) is 10.1 Å². The lowest BCUT2D eigenvalue weighted by Crippen LogP contribution is -1.93. The number of aryl methyl sites for hydroxylation is 1. The number of hydrogen-bond donors (Lipinski definition) is 1. The van der Waals surface area contributed by atoms with Crippen LogP contribution < -0.4 is 0 Å². The van der Waals surface area contributed by atoms with Crippen LogP contribution in [-0.4, -0.2) is 11.1 Å². The van der Waals surface area contributed by atoms with Crippen LogP contribution in [-0.2, 0) is 0 Å². The third-order valence-electron chi connectivity index (χ3n) is 2.11. The molecule has 0 aliphatic carbocycles. The summed E-state index contributed by atoms with van der Waals surface area (Å²) in [7, 11) is 0. The van der Waals surface area contributed by atoms with Gasteiger partial charge in [0, 0.05) is 0 Å². The van der Waals surface area contributed by atoms with Crippen molar-refractivity contribution in [3.8, 4) is 0 Å². The molecule has 0 bridgehead atoms. The van der Waals surface area contributed by atoms with Gasteiger partial charge in [-0.25, -0.2) is 9.18 Å². The van der Waals surface area contributed by atoms with E-state index in [1.165, 1.54) is 6.07 Å². The molecule has 72 valence electrons. The van der Waals surface area contributed by atoms with Crippen LogP contribution >= 0.6 is 11.3 Å². The van der Waals surface area contributed by atoms with Gasteiger partial charge in [0.2, 0.25) is 0 Å². The van der Waals surface area contributed by atoms with Crippen LogP contribution in [0.3, 0.4) is 0 Å². The zero-order chi connectivity index (χ0) is 10.3. The van der Waals surface area contributed by atoms with Crippen molar-refractivity contribution in [2.24, 2.45) is 0 Å². The molecule has 0 aliphatic rings. The van der Waals surface area contributed by atoms with Crippen molar-refractivity contribution in [3.05, 3.63) is 34.5 Å². The highest BCUT2D eigenvalue weighted by Gasteiger charge is 2.15. The predicted molar refractivity (Wildman–Crippen MR) is 53.5 cm³/mol. The van der Waals surface area contributed by atoms with Gasteiger partial charge in [0.25, 0.3) is 0 Å². The second-order valence-corrected chi connectivity index (χ2v) is 4.00. The fourth-order valence-corrected chi connectivity index (χ4v) is 2.46. The third kappa shape index (κ3) is 1.19. The van der Waals surface area contributed by atoms with Crippen LogP contribution in [0.5, 0.6) is 0 Å². The largest absolute Gasteiger partial charge is 0.477 e. The number of rotatable bonds is 1. The van der Waals surface area contributed by atoms with E-state index in [1.54, 1.807) is 19.1 Å². The summed E-state index contributed by atoms with van der Waals surface area (Å²) >= 11 is 0.984. The topological polar surface area (TPSA) is 37.3 Å². The van der Waals surface area contributed by atoms with Crippen molar-refractivity contribution in [1.29, 1.82) is 0 Å². The molecule has 0 amide bonds. The summed E-state index contributed by atoms with van der Waals surface area (Å²) < 4.78 is 13.7. The molecular formula is C10H7FO2S. The lowest BCUT2D eigenvalue weighted by atomic mass is 10.1. The van der Waals surface area contributed by atoms with E-state index >= 15 is 0 Å². The summed E-state index contributed by atoms with van der Waals surface area (Å²) in [6.45, 7) is 1.70. The van der Waals surface area contributed by atoms with Crippen LogP contribution in [0.15, 0.2) is 18.2 Å². The highest BCUT2D eigenvalue weighted by atomic mass is 32.1. The summed E-state index contributed by atoms with van der Waals surface area (Å²) in [6.07, 6.45) is 0. The third-order valence-corrected chi connectivity index (χ3v) is 3.41. The number of thiophene rings is 1. The highest BCUT2D eigenvalue weighted by molar-refractivity contribution is 7.21. The quantitative estimate of drug-likeness (QED) is 0.785. The number of benzene rings is 1. The van der Waals surface area contributed by atoms with Gasteiger partial charge in [0.05, 0.1) is 4.70 Å². The molecule has 0 aliphatic heterocycles. The molecule has 0 radical (unpaired) electrons. The minimum absolute atomic E-state index is 0.213. The Kier molecular flexibility index (Phi) is 2.00. The summed E-state index contributed by atoms with van der Waals surface area (Å²) in [5.41, 5.74) is 0.636. The van der Waals surface area contributed by atoms with Crippen LogP contribution in [0, 0.1) is 12.7 Å². The zero-order valence-corrected chi connectivity index (χ0v) is 8.19. The van der Waals surface area contributed by atoms with Crippen LogP contribution in [0.2, 0.25) is 0 Å². The Bertz CT molecular complexity index is 516. The SMILES string of the molecule is Cc1c(C(=O)O)sc2c(F)cccc12. The summed E-state index contributed by atoms with van der Waals surface area (Å²) in [4.78, 5) is 11.0. The lowest BCUT2D eigenvalue weighted by molar-refractivity contribution is 0.0701. The standard InChI is InChI=1S/C10H7FO2S/c1-5-6-3-2-4-7(11)9(6)14-8(5)10(12)13/h2-4H,1H3,(H,12,13). The number of halogens is 1. The van der Waals surface area contributed by atoms with Gasteiger partial charge in [-0.2, -0.15) is 0 Å². The fourth-order valence-electron chi connectivity index (χ4n) is 1.41. The number of hydrogen-bond acceptors (Lipinski definition) is 2. The molecule has 0 saturated heterocycles. The monoisotopic (exact) mass is 210 g/mol. The first-order chi connectivity index (χ1) is 6.61. The van der Waals surface area contributed by atoms with Crippen molar-refractivity contribution in [3.63, 3.8) is 0 Å². The molecule has 0 atom stereocenters. The van der Waals surface area contributed by atoms with Crippen LogP contribution in [0.4, 0.5) is 4.39 Å². The van der Waals surface area contributed by atoms with Crippen molar-refractivity contribution >= 4 is 27.4 Å². The Labute approximate surface area is 83.6 Å². The first-order valence-electron chi connectivity index (χ1n) is 4.02. The Morgan fingerprint density at radius 3 is 2.79 bits per heavy atom. The van der Waals surface area contributed by atoms with Gasteiger partial charge >= 0.3 is 5.97 Å². The van der Waals surface area contributed by atoms with Crippen molar-refractivity contribution < 1.29 is 14.3 Å². The smallest absolute Gasteiger partial charge is 0.346 e. The molecule has 2 nitrogen and oxygen atoms in total. The Balaban J connectivity index is 2.86. The molecule has 1 aromatic carbocycles. The molecule has 0 saturated carbocycles. The van der Waals surface area contributed by atoms with E-state index in [1.807, 2.05) is 0 Å². The van der Waals surface area contributed by atoms with Gasteiger partial charge in [-0.05, 0) is 23.9 Å².